The molecule has 0 aliphatic heterocycles. The molecule has 6 heteroatoms. The van der Waals surface area contributed by atoms with Gasteiger partial charge in [-0.15, -0.1) is 0 Å². The van der Waals surface area contributed by atoms with Gasteiger partial charge in [-0.3, -0.25) is 4.79 Å². The molecule has 0 saturated heterocycles. The van der Waals surface area contributed by atoms with Gasteiger partial charge < -0.3 is 5.32 Å². The smallest absolute Gasteiger partial charge is 0.220 e. The summed E-state index contributed by atoms with van der Waals surface area (Å²) in [6.45, 7) is 2.08. The number of hydrogen-bond donors (Lipinski definition) is 1. The van der Waals surface area contributed by atoms with E-state index in [1.165, 1.54) is 12.1 Å². The van der Waals surface area contributed by atoms with Gasteiger partial charge in [-0.05, 0) is 30.0 Å². The molecule has 0 fully saturated rings. The summed E-state index contributed by atoms with van der Waals surface area (Å²) in [6.07, 6.45) is 2.16. The highest BCUT2D eigenvalue weighted by Gasteiger charge is 2.14. The maximum atomic E-state index is 12.9. The predicted molar refractivity (Wildman–Crippen MR) is 76.8 cm³/mol. The second kappa shape index (κ2) is 7.38. The van der Waals surface area contributed by atoms with Crippen LogP contribution >= 0.6 is 0 Å². The Bertz CT molecular complexity index is 540. The summed E-state index contributed by atoms with van der Waals surface area (Å²) in [5.41, 5.74) is 0.909. The fourth-order valence-electron chi connectivity index (χ4n) is 1.90. The van der Waals surface area contributed by atoms with Gasteiger partial charge in [0.2, 0.25) is 5.91 Å². The number of sulfone groups is 1. The zero-order valence-corrected chi connectivity index (χ0v) is 12.5. The SMILES string of the molecule is CCC(CC(=O)NCCS(C)(=O)=O)c1ccc(F)cc1. The van der Waals surface area contributed by atoms with Crippen molar-refractivity contribution in [1.82, 2.24) is 5.32 Å². The van der Waals surface area contributed by atoms with E-state index in [-0.39, 0.29) is 36.4 Å². The Hall–Kier alpha value is -1.43. The van der Waals surface area contributed by atoms with Gasteiger partial charge in [0.05, 0.1) is 5.75 Å². The van der Waals surface area contributed by atoms with E-state index in [9.17, 15) is 17.6 Å². The average Bonchev–Trinajstić information content (AvgIpc) is 2.35. The van der Waals surface area contributed by atoms with Crippen molar-refractivity contribution in [3.05, 3.63) is 35.6 Å². The van der Waals surface area contributed by atoms with Crippen molar-refractivity contribution in [2.24, 2.45) is 0 Å². The Balaban J connectivity index is 2.51. The van der Waals surface area contributed by atoms with Crippen LogP contribution in [0.2, 0.25) is 0 Å². The van der Waals surface area contributed by atoms with Crippen molar-refractivity contribution >= 4 is 15.7 Å². The third kappa shape index (κ3) is 6.14. The summed E-state index contributed by atoms with van der Waals surface area (Å²) in [4.78, 5) is 11.8. The Kier molecular flexibility index (Phi) is 6.13. The van der Waals surface area contributed by atoms with Crippen LogP contribution in [-0.2, 0) is 14.6 Å². The molecule has 0 aliphatic carbocycles. The minimum atomic E-state index is -3.07. The van der Waals surface area contributed by atoms with E-state index in [1.807, 2.05) is 6.92 Å². The largest absolute Gasteiger partial charge is 0.355 e. The highest BCUT2D eigenvalue weighted by molar-refractivity contribution is 7.90. The maximum absolute atomic E-state index is 12.9. The molecule has 1 unspecified atom stereocenters. The number of hydrogen-bond acceptors (Lipinski definition) is 3. The summed E-state index contributed by atoms with van der Waals surface area (Å²) in [6, 6.07) is 6.10. The average molecular weight is 301 g/mol. The third-order valence-corrected chi connectivity index (χ3v) is 4.01. The van der Waals surface area contributed by atoms with E-state index in [0.717, 1.165) is 18.2 Å². The molecule has 0 spiro atoms. The number of nitrogens with one attached hydrogen (secondary N) is 1. The fourth-order valence-corrected chi connectivity index (χ4v) is 2.38. The van der Waals surface area contributed by atoms with Crippen LogP contribution in [0.5, 0.6) is 0 Å². The zero-order chi connectivity index (χ0) is 15.2. The van der Waals surface area contributed by atoms with E-state index in [2.05, 4.69) is 5.32 Å². The molecule has 1 rings (SSSR count). The highest BCUT2D eigenvalue weighted by atomic mass is 32.2. The lowest BCUT2D eigenvalue weighted by molar-refractivity contribution is -0.121. The molecule has 0 aliphatic rings. The third-order valence-electron chi connectivity index (χ3n) is 3.06. The molecular weight excluding hydrogens is 281 g/mol. The molecule has 1 atom stereocenters. The molecule has 1 aromatic carbocycles. The zero-order valence-electron chi connectivity index (χ0n) is 11.7. The summed E-state index contributed by atoms with van der Waals surface area (Å²) in [5, 5.41) is 2.59. The van der Waals surface area contributed by atoms with Crippen LogP contribution in [0.3, 0.4) is 0 Å². The number of carbonyl (C=O) groups excluding carboxylic acids is 1. The quantitative estimate of drug-likeness (QED) is 0.836. The van der Waals surface area contributed by atoms with E-state index in [4.69, 9.17) is 0 Å². The van der Waals surface area contributed by atoms with Crippen molar-refractivity contribution in [3.63, 3.8) is 0 Å². The number of amides is 1. The minimum absolute atomic E-state index is 0.00818. The van der Waals surface area contributed by atoms with Crippen molar-refractivity contribution in [2.75, 3.05) is 18.6 Å². The van der Waals surface area contributed by atoms with Crippen LogP contribution < -0.4 is 5.32 Å². The number of benzene rings is 1. The van der Waals surface area contributed by atoms with Gasteiger partial charge in [-0.1, -0.05) is 19.1 Å². The molecule has 1 aromatic rings. The molecule has 0 aromatic heterocycles. The number of carbonyl (C=O) groups is 1. The van der Waals surface area contributed by atoms with Crippen LogP contribution in [0.25, 0.3) is 0 Å². The maximum Gasteiger partial charge on any atom is 0.220 e. The van der Waals surface area contributed by atoms with Crippen molar-refractivity contribution < 1.29 is 17.6 Å². The number of halogens is 1. The van der Waals surface area contributed by atoms with Crippen LogP contribution in [0, 0.1) is 5.82 Å². The van der Waals surface area contributed by atoms with Gasteiger partial charge in [0, 0.05) is 19.2 Å². The van der Waals surface area contributed by atoms with Crippen molar-refractivity contribution in [1.29, 1.82) is 0 Å². The first-order valence-corrected chi connectivity index (χ1v) is 8.57. The summed E-state index contributed by atoms with van der Waals surface area (Å²) < 4.78 is 34.8. The molecule has 0 radical (unpaired) electrons. The lowest BCUT2D eigenvalue weighted by Crippen LogP contribution is -2.29. The van der Waals surface area contributed by atoms with E-state index in [1.54, 1.807) is 12.1 Å². The predicted octanol–water partition coefficient (Wildman–Crippen LogP) is 1.87. The van der Waals surface area contributed by atoms with Crippen LogP contribution in [0.15, 0.2) is 24.3 Å². The van der Waals surface area contributed by atoms with Gasteiger partial charge in [0.15, 0.2) is 0 Å². The molecule has 20 heavy (non-hydrogen) atoms. The Morgan fingerprint density at radius 2 is 1.90 bits per heavy atom. The Morgan fingerprint density at radius 1 is 1.30 bits per heavy atom. The van der Waals surface area contributed by atoms with Gasteiger partial charge >= 0.3 is 0 Å². The van der Waals surface area contributed by atoms with Gasteiger partial charge in [-0.25, -0.2) is 12.8 Å². The Morgan fingerprint density at radius 3 is 2.40 bits per heavy atom. The standard InChI is InChI=1S/C14H20FNO3S/c1-3-11(12-4-6-13(15)7-5-12)10-14(17)16-8-9-20(2,18)19/h4-7,11H,3,8-10H2,1-2H3,(H,16,17). The minimum Gasteiger partial charge on any atom is -0.355 e. The molecule has 4 nitrogen and oxygen atoms in total. The molecule has 1 N–H and O–H groups in total. The van der Waals surface area contributed by atoms with E-state index >= 15 is 0 Å². The van der Waals surface area contributed by atoms with E-state index in [0.29, 0.717) is 0 Å². The molecule has 112 valence electrons. The van der Waals surface area contributed by atoms with Gasteiger partial charge in [0.1, 0.15) is 15.7 Å². The summed E-state index contributed by atoms with van der Waals surface area (Å²) >= 11 is 0. The lowest BCUT2D eigenvalue weighted by atomic mass is 9.93. The van der Waals surface area contributed by atoms with Gasteiger partial charge in [-0.2, -0.15) is 0 Å². The van der Waals surface area contributed by atoms with Crippen LogP contribution in [0.1, 0.15) is 31.2 Å². The molecular formula is C14H20FNO3S. The highest BCUT2D eigenvalue weighted by Crippen LogP contribution is 2.23. The first kappa shape index (κ1) is 16.6. The molecule has 0 heterocycles. The number of rotatable bonds is 7. The molecule has 1 amide bonds. The normalized spacial score (nSPS) is 12.9. The summed E-state index contributed by atoms with van der Waals surface area (Å²) in [7, 11) is -3.07. The first-order chi connectivity index (χ1) is 9.31. The topological polar surface area (TPSA) is 63.2 Å². The first-order valence-electron chi connectivity index (χ1n) is 6.51. The second-order valence-electron chi connectivity index (χ2n) is 4.84. The van der Waals surface area contributed by atoms with Crippen LogP contribution in [0.4, 0.5) is 4.39 Å². The second-order valence-corrected chi connectivity index (χ2v) is 7.10. The molecule has 0 saturated carbocycles. The van der Waals surface area contributed by atoms with Crippen molar-refractivity contribution in [3.8, 4) is 0 Å². The monoisotopic (exact) mass is 301 g/mol. The molecule has 0 bridgehead atoms. The fraction of sp³-hybridized carbons (Fsp3) is 0.500. The summed E-state index contributed by atoms with van der Waals surface area (Å²) in [5.74, 6) is -0.550. The Labute approximate surface area is 119 Å². The van der Waals surface area contributed by atoms with E-state index < -0.39 is 9.84 Å². The van der Waals surface area contributed by atoms with Crippen molar-refractivity contribution in [2.45, 2.75) is 25.7 Å². The van der Waals surface area contributed by atoms with Gasteiger partial charge in [0.25, 0.3) is 0 Å². The lowest BCUT2D eigenvalue weighted by Gasteiger charge is -2.15. The van der Waals surface area contributed by atoms with Crippen LogP contribution in [-0.4, -0.2) is 32.9 Å².